The second kappa shape index (κ2) is 8.32. The maximum Gasteiger partial charge on any atom is 0.161 e. The van der Waals surface area contributed by atoms with Crippen LogP contribution in [0.2, 0.25) is 0 Å². The van der Waals surface area contributed by atoms with E-state index in [0.29, 0.717) is 13.2 Å². The Morgan fingerprint density at radius 1 is 0.905 bits per heavy atom. The van der Waals surface area contributed by atoms with E-state index in [1.54, 1.807) is 0 Å². The van der Waals surface area contributed by atoms with E-state index in [0.717, 1.165) is 24.6 Å². The first-order valence-corrected chi connectivity index (χ1v) is 7.40. The van der Waals surface area contributed by atoms with Crippen LogP contribution < -0.4 is 14.8 Å². The summed E-state index contributed by atoms with van der Waals surface area (Å²) < 4.78 is 11.3. The van der Waals surface area contributed by atoms with Crippen molar-refractivity contribution in [3.05, 3.63) is 59.7 Å². The Morgan fingerprint density at radius 2 is 1.57 bits per heavy atom. The number of aryl methyl sites for hydroxylation is 1. The first-order chi connectivity index (χ1) is 10.3. The number of rotatable bonds is 8. The fourth-order valence-electron chi connectivity index (χ4n) is 2.02. The number of para-hydroxylation sites is 2. The van der Waals surface area contributed by atoms with Crippen LogP contribution in [-0.2, 0) is 6.54 Å². The largest absolute Gasteiger partial charge is 0.490 e. The van der Waals surface area contributed by atoms with Gasteiger partial charge in [0.05, 0.1) is 6.61 Å². The predicted molar refractivity (Wildman–Crippen MR) is 86.0 cm³/mol. The normalized spacial score (nSPS) is 10.4. The highest BCUT2D eigenvalue weighted by Gasteiger charge is 2.02. The minimum atomic E-state index is 0.621. The maximum absolute atomic E-state index is 5.76. The van der Waals surface area contributed by atoms with Gasteiger partial charge in [0.25, 0.3) is 0 Å². The molecule has 0 fully saturated rings. The Bertz CT molecular complexity index is 537. The van der Waals surface area contributed by atoms with Gasteiger partial charge in [0, 0.05) is 13.1 Å². The fraction of sp³-hybridized carbons (Fsp3) is 0.333. The van der Waals surface area contributed by atoms with E-state index < -0.39 is 0 Å². The molecule has 0 aliphatic rings. The minimum absolute atomic E-state index is 0.621. The van der Waals surface area contributed by atoms with Crippen molar-refractivity contribution in [2.75, 3.05) is 19.8 Å². The van der Waals surface area contributed by atoms with Crippen LogP contribution in [0.5, 0.6) is 11.5 Å². The molecular formula is C18H23NO2. The number of hydrogen-bond acceptors (Lipinski definition) is 3. The third kappa shape index (κ3) is 5.12. The zero-order valence-corrected chi connectivity index (χ0v) is 12.8. The lowest BCUT2D eigenvalue weighted by molar-refractivity contribution is 0.275. The average molecular weight is 285 g/mol. The van der Waals surface area contributed by atoms with Crippen LogP contribution in [-0.4, -0.2) is 19.8 Å². The molecule has 112 valence electrons. The Balaban J connectivity index is 1.71. The Labute approximate surface area is 126 Å². The van der Waals surface area contributed by atoms with Gasteiger partial charge in [-0.1, -0.05) is 42.0 Å². The van der Waals surface area contributed by atoms with Gasteiger partial charge in [0.1, 0.15) is 6.61 Å². The zero-order valence-electron chi connectivity index (χ0n) is 12.8. The molecule has 0 radical (unpaired) electrons. The standard InChI is InChI=1S/C18H23NO2/c1-3-20-17-6-4-5-7-18(17)21-13-12-19-14-16-10-8-15(2)9-11-16/h4-11,19H,3,12-14H2,1-2H3. The highest BCUT2D eigenvalue weighted by atomic mass is 16.5. The van der Waals surface area contributed by atoms with Crippen molar-refractivity contribution in [2.45, 2.75) is 20.4 Å². The van der Waals surface area contributed by atoms with Crippen LogP contribution in [0.4, 0.5) is 0 Å². The van der Waals surface area contributed by atoms with E-state index in [1.807, 2.05) is 31.2 Å². The molecule has 2 aromatic rings. The van der Waals surface area contributed by atoms with E-state index in [-0.39, 0.29) is 0 Å². The topological polar surface area (TPSA) is 30.5 Å². The average Bonchev–Trinajstić information content (AvgIpc) is 2.51. The van der Waals surface area contributed by atoms with Crippen LogP contribution in [0.15, 0.2) is 48.5 Å². The molecule has 0 spiro atoms. The number of benzene rings is 2. The monoisotopic (exact) mass is 285 g/mol. The molecule has 2 rings (SSSR count). The highest BCUT2D eigenvalue weighted by molar-refractivity contribution is 5.39. The predicted octanol–water partition coefficient (Wildman–Crippen LogP) is 3.56. The molecule has 0 aliphatic carbocycles. The molecule has 0 unspecified atom stereocenters. The molecule has 3 heteroatoms. The smallest absolute Gasteiger partial charge is 0.161 e. The summed E-state index contributed by atoms with van der Waals surface area (Å²) >= 11 is 0. The van der Waals surface area contributed by atoms with Gasteiger partial charge < -0.3 is 14.8 Å². The van der Waals surface area contributed by atoms with Crippen LogP contribution >= 0.6 is 0 Å². The molecule has 21 heavy (non-hydrogen) atoms. The molecule has 2 aromatic carbocycles. The molecule has 1 N–H and O–H groups in total. The van der Waals surface area contributed by atoms with Gasteiger partial charge in [-0.2, -0.15) is 0 Å². The van der Waals surface area contributed by atoms with Gasteiger partial charge in [0.2, 0.25) is 0 Å². The van der Waals surface area contributed by atoms with Crippen molar-refractivity contribution in [2.24, 2.45) is 0 Å². The van der Waals surface area contributed by atoms with Crippen molar-refractivity contribution >= 4 is 0 Å². The number of hydrogen-bond donors (Lipinski definition) is 1. The fourth-order valence-corrected chi connectivity index (χ4v) is 2.02. The second-order valence-electron chi connectivity index (χ2n) is 4.89. The highest BCUT2D eigenvalue weighted by Crippen LogP contribution is 2.25. The number of nitrogens with one attached hydrogen (secondary N) is 1. The Morgan fingerprint density at radius 3 is 2.24 bits per heavy atom. The summed E-state index contributed by atoms with van der Waals surface area (Å²) in [7, 11) is 0. The molecule has 0 aliphatic heterocycles. The molecular weight excluding hydrogens is 262 g/mol. The van der Waals surface area contributed by atoms with Gasteiger partial charge in [0.15, 0.2) is 11.5 Å². The SMILES string of the molecule is CCOc1ccccc1OCCNCc1ccc(C)cc1. The second-order valence-corrected chi connectivity index (χ2v) is 4.89. The van der Waals surface area contributed by atoms with E-state index in [2.05, 4.69) is 36.5 Å². The van der Waals surface area contributed by atoms with Gasteiger partial charge in [-0.3, -0.25) is 0 Å². The van der Waals surface area contributed by atoms with Crippen molar-refractivity contribution in [3.63, 3.8) is 0 Å². The van der Waals surface area contributed by atoms with Crippen LogP contribution in [0, 0.1) is 6.92 Å². The lowest BCUT2D eigenvalue weighted by atomic mass is 10.1. The van der Waals surface area contributed by atoms with Crippen LogP contribution in [0.3, 0.4) is 0 Å². The van der Waals surface area contributed by atoms with Gasteiger partial charge in [-0.05, 0) is 31.5 Å². The molecule has 0 amide bonds. The van der Waals surface area contributed by atoms with Crippen LogP contribution in [0.25, 0.3) is 0 Å². The Hall–Kier alpha value is -2.00. The van der Waals surface area contributed by atoms with E-state index in [4.69, 9.17) is 9.47 Å². The summed E-state index contributed by atoms with van der Waals surface area (Å²) in [5.74, 6) is 1.61. The van der Waals surface area contributed by atoms with Crippen molar-refractivity contribution < 1.29 is 9.47 Å². The Kier molecular flexibility index (Phi) is 6.10. The lowest BCUT2D eigenvalue weighted by Gasteiger charge is -2.12. The minimum Gasteiger partial charge on any atom is -0.490 e. The van der Waals surface area contributed by atoms with E-state index in [1.165, 1.54) is 11.1 Å². The molecule has 0 saturated heterocycles. The van der Waals surface area contributed by atoms with E-state index >= 15 is 0 Å². The first kappa shape index (κ1) is 15.4. The number of ether oxygens (including phenoxy) is 2. The molecule has 0 saturated carbocycles. The van der Waals surface area contributed by atoms with Gasteiger partial charge in [-0.15, -0.1) is 0 Å². The maximum atomic E-state index is 5.76. The van der Waals surface area contributed by atoms with Crippen molar-refractivity contribution in [3.8, 4) is 11.5 Å². The third-order valence-electron chi connectivity index (χ3n) is 3.14. The summed E-state index contributed by atoms with van der Waals surface area (Å²) in [5.41, 5.74) is 2.57. The van der Waals surface area contributed by atoms with E-state index in [9.17, 15) is 0 Å². The van der Waals surface area contributed by atoms with Gasteiger partial charge >= 0.3 is 0 Å². The molecule has 3 nitrogen and oxygen atoms in total. The van der Waals surface area contributed by atoms with Crippen molar-refractivity contribution in [1.29, 1.82) is 0 Å². The zero-order chi connectivity index (χ0) is 14.9. The lowest BCUT2D eigenvalue weighted by Crippen LogP contribution is -2.20. The molecule has 0 atom stereocenters. The molecule has 0 bridgehead atoms. The molecule has 0 aromatic heterocycles. The quantitative estimate of drug-likeness (QED) is 0.752. The first-order valence-electron chi connectivity index (χ1n) is 7.40. The van der Waals surface area contributed by atoms with Crippen LogP contribution in [0.1, 0.15) is 18.1 Å². The summed E-state index contributed by atoms with van der Waals surface area (Å²) in [5, 5.41) is 3.38. The third-order valence-corrected chi connectivity index (χ3v) is 3.14. The summed E-state index contributed by atoms with van der Waals surface area (Å²) in [6.45, 7) is 6.99. The van der Waals surface area contributed by atoms with Gasteiger partial charge in [-0.25, -0.2) is 0 Å². The van der Waals surface area contributed by atoms with Crippen molar-refractivity contribution in [1.82, 2.24) is 5.32 Å². The summed E-state index contributed by atoms with van der Waals surface area (Å²) in [6.07, 6.45) is 0. The summed E-state index contributed by atoms with van der Waals surface area (Å²) in [4.78, 5) is 0. The molecule has 0 heterocycles. The summed E-state index contributed by atoms with van der Waals surface area (Å²) in [6, 6.07) is 16.3.